The van der Waals surface area contributed by atoms with Gasteiger partial charge in [-0.3, -0.25) is 4.72 Å². The van der Waals surface area contributed by atoms with Crippen LogP contribution >= 0.6 is 11.5 Å². The van der Waals surface area contributed by atoms with Gasteiger partial charge in [0.15, 0.2) is 0 Å². The van der Waals surface area contributed by atoms with Gasteiger partial charge in [0.1, 0.15) is 15.7 Å². The lowest BCUT2D eigenvalue weighted by molar-refractivity contribution is -0.131. The van der Waals surface area contributed by atoms with Gasteiger partial charge in [-0.2, -0.15) is 0 Å². The second kappa shape index (κ2) is 5.97. The van der Waals surface area contributed by atoms with Gasteiger partial charge >= 0.3 is 5.97 Å². The van der Waals surface area contributed by atoms with Crippen molar-refractivity contribution in [2.45, 2.75) is 4.90 Å². The maximum atomic E-state index is 13.9. The molecule has 2 N–H and O–H groups in total. The van der Waals surface area contributed by atoms with Crippen molar-refractivity contribution in [1.29, 1.82) is 0 Å². The Kier molecular flexibility index (Phi) is 4.29. The van der Waals surface area contributed by atoms with Gasteiger partial charge in [0.05, 0.1) is 6.20 Å². The van der Waals surface area contributed by atoms with Crippen LogP contribution in [0.3, 0.4) is 0 Å². The van der Waals surface area contributed by atoms with Crippen molar-refractivity contribution < 1.29 is 22.7 Å². The second-order valence-electron chi connectivity index (χ2n) is 3.75. The molecule has 0 fully saturated rings. The molecule has 0 unspecified atom stereocenters. The number of benzene rings is 1. The Morgan fingerprint density at radius 2 is 2.19 bits per heavy atom. The minimum Gasteiger partial charge on any atom is -0.478 e. The van der Waals surface area contributed by atoms with Crippen LogP contribution in [0.25, 0.3) is 6.08 Å². The highest BCUT2D eigenvalue weighted by Crippen LogP contribution is 2.21. The Balaban J connectivity index is 2.30. The largest absolute Gasteiger partial charge is 0.478 e. The molecule has 0 saturated carbocycles. The van der Waals surface area contributed by atoms with E-state index in [1.807, 2.05) is 0 Å². The number of carboxylic acid groups (broad SMARTS) is 1. The minimum absolute atomic E-state index is 0.157. The summed E-state index contributed by atoms with van der Waals surface area (Å²) in [6.45, 7) is 0. The third kappa shape index (κ3) is 3.83. The lowest BCUT2D eigenvalue weighted by Gasteiger charge is -2.06. The van der Waals surface area contributed by atoms with E-state index in [2.05, 4.69) is 14.3 Å². The fourth-order valence-corrected chi connectivity index (χ4v) is 3.15. The van der Waals surface area contributed by atoms with Gasteiger partial charge in [-0.25, -0.2) is 17.6 Å². The van der Waals surface area contributed by atoms with Crippen LogP contribution in [-0.2, 0) is 14.8 Å². The number of rotatable bonds is 5. The average Bonchev–Trinajstić information content (AvgIpc) is 2.88. The summed E-state index contributed by atoms with van der Waals surface area (Å²) in [4.78, 5) is 9.81. The fraction of sp³-hybridized carbons (Fsp3) is 0. The molecule has 1 aromatic carbocycles. The predicted molar refractivity (Wildman–Crippen MR) is 73.8 cm³/mol. The maximum absolute atomic E-state index is 13.9. The molecule has 7 nitrogen and oxygen atoms in total. The Morgan fingerprint density at radius 3 is 2.76 bits per heavy atom. The van der Waals surface area contributed by atoms with Crippen molar-refractivity contribution in [2.24, 2.45) is 0 Å². The summed E-state index contributed by atoms with van der Waals surface area (Å²) in [6, 6.07) is 3.27. The highest BCUT2D eigenvalue weighted by Gasteiger charge is 2.20. The summed E-state index contributed by atoms with van der Waals surface area (Å²) in [5.41, 5.74) is 0.230. The van der Waals surface area contributed by atoms with E-state index in [0.717, 1.165) is 35.8 Å². The van der Waals surface area contributed by atoms with Crippen LogP contribution in [0.5, 0.6) is 0 Å². The van der Waals surface area contributed by atoms with Crippen molar-refractivity contribution in [3.63, 3.8) is 0 Å². The molecule has 21 heavy (non-hydrogen) atoms. The average molecular weight is 329 g/mol. The number of aromatic nitrogens is 2. The molecule has 2 aromatic rings. The third-order valence-electron chi connectivity index (χ3n) is 2.26. The van der Waals surface area contributed by atoms with Crippen molar-refractivity contribution in [2.75, 3.05) is 4.72 Å². The van der Waals surface area contributed by atoms with Crippen LogP contribution in [0.1, 0.15) is 5.56 Å². The maximum Gasteiger partial charge on any atom is 0.328 e. The molecule has 10 heteroatoms. The fourth-order valence-electron chi connectivity index (χ4n) is 1.41. The van der Waals surface area contributed by atoms with Crippen LogP contribution in [0.2, 0.25) is 0 Å². The molecular weight excluding hydrogens is 321 g/mol. The van der Waals surface area contributed by atoms with E-state index in [9.17, 15) is 17.6 Å². The molecule has 1 aromatic heterocycles. The van der Waals surface area contributed by atoms with E-state index in [0.29, 0.717) is 0 Å². The molecule has 0 aliphatic carbocycles. The quantitative estimate of drug-likeness (QED) is 0.806. The summed E-state index contributed by atoms with van der Waals surface area (Å²) in [7, 11) is -4.10. The SMILES string of the molecule is O=C(O)/C=C/c1ccc(S(=O)(=O)Nc2cnns2)c(F)c1. The normalized spacial score (nSPS) is 11.7. The van der Waals surface area contributed by atoms with E-state index in [4.69, 9.17) is 5.11 Å². The van der Waals surface area contributed by atoms with Crippen LogP contribution in [-0.4, -0.2) is 29.1 Å². The van der Waals surface area contributed by atoms with Gasteiger partial charge in [0, 0.05) is 17.6 Å². The first-order valence-corrected chi connectivity index (χ1v) is 7.65. The van der Waals surface area contributed by atoms with Crippen LogP contribution in [0.4, 0.5) is 9.39 Å². The van der Waals surface area contributed by atoms with Crippen LogP contribution < -0.4 is 4.72 Å². The van der Waals surface area contributed by atoms with Crippen LogP contribution in [0.15, 0.2) is 35.4 Å². The Hall–Kier alpha value is -2.33. The molecule has 0 saturated heterocycles. The number of carboxylic acids is 1. The first-order chi connectivity index (χ1) is 9.88. The first kappa shape index (κ1) is 15.1. The van der Waals surface area contributed by atoms with E-state index < -0.39 is 26.7 Å². The zero-order valence-electron chi connectivity index (χ0n) is 10.2. The molecule has 0 aliphatic rings. The number of carbonyl (C=O) groups is 1. The summed E-state index contributed by atoms with van der Waals surface area (Å²) >= 11 is 0.815. The number of anilines is 1. The molecule has 0 aliphatic heterocycles. The topological polar surface area (TPSA) is 109 Å². The summed E-state index contributed by atoms with van der Waals surface area (Å²) in [5.74, 6) is -2.18. The molecule has 0 bridgehead atoms. The minimum atomic E-state index is -4.10. The Bertz CT molecular complexity index is 788. The number of hydrogen-bond donors (Lipinski definition) is 2. The lowest BCUT2D eigenvalue weighted by atomic mass is 10.2. The summed E-state index contributed by atoms with van der Waals surface area (Å²) < 4.78 is 43.5. The molecule has 0 radical (unpaired) electrons. The number of nitrogens with one attached hydrogen (secondary N) is 1. The first-order valence-electron chi connectivity index (χ1n) is 5.39. The van der Waals surface area contributed by atoms with E-state index in [-0.39, 0.29) is 10.6 Å². The molecule has 1 heterocycles. The number of hydrogen-bond acceptors (Lipinski definition) is 6. The Morgan fingerprint density at radius 1 is 1.43 bits per heavy atom. The highest BCUT2D eigenvalue weighted by molar-refractivity contribution is 7.93. The smallest absolute Gasteiger partial charge is 0.328 e. The predicted octanol–water partition coefficient (Wildman–Crippen LogP) is 1.58. The number of nitrogens with zero attached hydrogens (tertiary/aromatic N) is 2. The van der Waals surface area contributed by atoms with Crippen molar-refractivity contribution in [1.82, 2.24) is 9.59 Å². The summed E-state index contributed by atoms with van der Waals surface area (Å²) in [5, 5.41) is 12.1. The van der Waals surface area contributed by atoms with E-state index >= 15 is 0 Å². The lowest BCUT2D eigenvalue weighted by Crippen LogP contribution is -2.13. The summed E-state index contributed by atoms with van der Waals surface area (Å²) in [6.07, 6.45) is 3.18. The van der Waals surface area contributed by atoms with E-state index in [1.165, 1.54) is 12.3 Å². The molecule has 0 spiro atoms. The van der Waals surface area contributed by atoms with Crippen molar-refractivity contribution in [3.05, 3.63) is 41.9 Å². The van der Waals surface area contributed by atoms with Gasteiger partial charge in [-0.1, -0.05) is 10.6 Å². The van der Waals surface area contributed by atoms with Gasteiger partial charge in [0.2, 0.25) is 0 Å². The number of aliphatic carboxylic acids is 1. The van der Waals surface area contributed by atoms with Crippen molar-refractivity contribution >= 4 is 38.6 Å². The molecule has 0 atom stereocenters. The highest BCUT2D eigenvalue weighted by atomic mass is 32.2. The van der Waals surface area contributed by atoms with Crippen LogP contribution in [0, 0.1) is 5.82 Å². The monoisotopic (exact) mass is 329 g/mol. The third-order valence-corrected chi connectivity index (χ3v) is 4.37. The molecule has 0 amide bonds. The number of halogens is 1. The van der Waals surface area contributed by atoms with Gasteiger partial charge in [0.25, 0.3) is 10.0 Å². The van der Waals surface area contributed by atoms with Gasteiger partial charge in [-0.15, -0.1) is 5.10 Å². The zero-order chi connectivity index (χ0) is 15.5. The van der Waals surface area contributed by atoms with Gasteiger partial charge in [-0.05, 0) is 23.8 Å². The zero-order valence-corrected chi connectivity index (χ0v) is 11.9. The number of sulfonamides is 1. The molecule has 110 valence electrons. The molecule has 2 rings (SSSR count). The van der Waals surface area contributed by atoms with E-state index in [1.54, 1.807) is 0 Å². The standard InChI is InChI=1S/C11H8FN3O4S2/c12-8-5-7(2-4-11(16)17)1-3-9(8)21(18,19)14-10-6-13-15-20-10/h1-6,14H,(H,16,17)/b4-2+. The van der Waals surface area contributed by atoms with Crippen molar-refractivity contribution in [3.8, 4) is 0 Å². The van der Waals surface area contributed by atoms with Gasteiger partial charge < -0.3 is 5.11 Å². The Labute approximate surface area is 123 Å². The second-order valence-corrected chi connectivity index (χ2v) is 6.19. The molecular formula is C11H8FN3O4S2.